The summed E-state index contributed by atoms with van der Waals surface area (Å²) in [6, 6.07) is 13.9. The highest BCUT2D eigenvalue weighted by Gasteiger charge is 2.16. The summed E-state index contributed by atoms with van der Waals surface area (Å²) in [5, 5.41) is 4.40. The van der Waals surface area contributed by atoms with E-state index in [-0.39, 0.29) is 0 Å². The Kier molecular flexibility index (Phi) is 3.98. The molecule has 0 unspecified atom stereocenters. The van der Waals surface area contributed by atoms with Gasteiger partial charge in [-0.15, -0.1) is 5.10 Å². The average molecular weight is 375 g/mol. The van der Waals surface area contributed by atoms with Crippen molar-refractivity contribution in [1.82, 2.24) is 24.5 Å². The van der Waals surface area contributed by atoms with Crippen LogP contribution in [-0.2, 0) is 0 Å². The molecule has 8 heteroatoms. The van der Waals surface area contributed by atoms with Crippen molar-refractivity contribution in [3.8, 4) is 22.8 Å². The van der Waals surface area contributed by atoms with E-state index in [0.29, 0.717) is 23.2 Å². The van der Waals surface area contributed by atoms with E-state index in [0.717, 1.165) is 37.4 Å². The van der Waals surface area contributed by atoms with Gasteiger partial charge < -0.3 is 20.0 Å². The Morgan fingerprint density at radius 2 is 1.86 bits per heavy atom. The Bertz CT molecular complexity index is 1110. The minimum Gasteiger partial charge on any atom is -0.461 e. The minimum atomic E-state index is 0.294. The fraction of sp³-hybridized carbons (Fsp3) is 0.250. The van der Waals surface area contributed by atoms with E-state index >= 15 is 0 Å². The van der Waals surface area contributed by atoms with Gasteiger partial charge in [-0.1, -0.05) is 12.1 Å². The van der Waals surface area contributed by atoms with E-state index in [2.05, 4.69) is 50.1 Å². The van der Waals surface area contributed by atoms with Crippen LogP contribution < -0.4 is 10.6 Å². The Morgan fingerprint density at radius 3 is 2.64 bits per heavy atom. The van der Waals surface area contributed by atoms with Gasteiger partial charge in [0.15, 0.2) is 11.4 Å². The first kappa shape index (κ1) is 16.8. The van der Waals surface area contributed by atoms with Crippen LogP contribution in [0.5, 0.6) is 0 Å². The lowest BCUT2D eigenvalue weighted by Crippen LogP contribution is -2.44. The highest BCUT2D eigenvalue weighted by molar-refractivity contribution is 5.70. The molecular formula is C20H21N7O. The number of anilines is 2. The molecule has 0 amide bonds. The van der Waals surface area contributed by atoms with Gasteiger partial charge in [0, 0.05) is 43.5 Å². The molecule has 28 heavy (non-hydrogen) atoms. The molecule has 0 bridgehead atoms. The molecule has 0 saturated carbocycles. The fourth-order valence-corrected chi connectivity index (χ4v) is 3.50. The van der Waals surface area contributed by atoms with Crippen LogP contribution in [0.25, 0.3) is 28.5 Å². The van der Waals surface area contributed by atoms with Crippen molar-refractivity contribution in [3.63, 3.8) is 0 Å². The van der Waals surface area contributed by atoms with Crippen molar-refractivity contribution < 1.29 is 4.42 Å². The maximum Gasteiger partial charge on any atom is 0.223 e. The Morgan fingerprint density at radius 1 is 1.00 bits per heavy atom. The maximum atomic E-state index is 6.16. The number of benzene rings is 1. The molecule has 2 N–H and O–H groups in total. The second-order valence-corrected chi connectivity index (χ2v) is 7.02. The standard InChI is InChI=1S/C20H21N7O/c1-25-7-9-26(10-8-25)15-5-2-4-14(12-15)16-13-18-23-19(17-6-3-11-28-17)24-27(18)20(21)22-16/h2-6,11-13H,7-10H2,1H3,(H2,21,22). The van der Waals surface area contributed by atoms with E-state index in [1.807, 2.05) is 18.2 Å². The molecule has 5 rings (SSSR count). The Balaban J connectivity index is 1.51. The van der Waals surface area contributed by atoms with Gasteiger partial charge in [-0.2, -0.15) is 4.52 Å². The summed E-state index contributed by atoms with van der Waals surface area (Å²) in [6.07, 6.45) is 1.60. The molecule has 0 radical (unpaired) electrons. The number of nitrogens with zero attached hydrogens (tertiary/aromatic N) is 6. The molecule has 1 aromatic carbocycles. The number of aromatic nitrogens is 4. The molecule has 8 nitrogen and oxygen atoms in total. The molecule has 1 aliphatic rings. The van der Waals surface area contributed by atoms with Crippen molar-refractivity contribution in [2.75, 3.05) is 43.9 Å². The summed E-state index contributed by atoms with van der Waals surface area (Å²) in [7, 11) is 2.16. The van der Waals surface area contributed by atoms with E-state index in [1.165, 1.54) is 10.2 Å². The number of furan rings is 1. The first-order chi connectivity index (χ1) is 13.7. The monoisotopic (exact) mass is 375 g/mol. The van der Waals surface area contributed by atoms with Crippen LogP contribution in [0.2, 0.25) is 0 Å². The van der Waals surface area contributed by atoms with Crippen LogP contribution in [0.3, 0.4) is 0 Å². The first-order valence-corrected chi connectivity index (χ1v) is 9.28. The van der Waals surface area contributed by atoms with Crippen LogP contribution in [0.1, 0.15) is 0 Å². The van der Waals surface area contributed by atoms with Crippen LogP contribution in [-0.4, -0.2) is 57.7 Å². The molecule has 4 heterocycles. The van der Waals surface area contributed by atoms with Gasteiger partial charge in [0.2, 0.25) is 11.8 Å². The predicted octanol–water partition coefficient (Wildman–Crippen LogP) is 2.39. The van der Waals surface area contributed by atoms with Crippen LogP contribution in [0.15, 0.2) is 53.1 Å². The van der Waals surface area contributed by atoms with Gasteiger partial charge in [0.1, 0.15) is 0 Å². The topological polar surface area (TPSA) is 88.7 Å². The predicted molar refractivity (Wildman–Crippen MR) is 108 cm³/mol. The van der Waals surface area contributed by atoms with Gasteiger partial charge >= 0.3 is 0 Å². The zero-order chi connectivity index (χ0) is 19.1. The van der Waals surface area contributed by atoms with E-state index in [4.69, 9.17) is 10.2 Å². The lowest BCUT2D eigenvalue weighted by Gasteiger charge is -2.34. The molecule has 0 aliphatic carbocycles. The summed E-state index contributed by atoms with van der Waals surface area (Å²) in [5.74, 6) is 1.38. The minimum absolute atomic E-state index is 0.294. The second kappa shape index (κ2) is 6.65. The molecule has 0 spiro atoms. The lowest BCUT2D eigenvalue weighted by molar-refractivity contribution is 0.313. The Labute approximate surface area is 162 Å². The number of hydrogen-bond acceptors (Lipinski definition) is 7. The van der Waals surface area contributed by atoms with Gasteiger partial charge in [0.25, 0.3) is 0 Å². The van der Waals surface area contributed by atoms with Crippen LogP contribution >= 0.6 is 0 Å². The van der Waals surface area contributed by atoms with E-state index in [9.17, 15) is 0 Å². The summed E-state index contributed by atoms with van der Waals surface area (Å²) >= 11 is 0. The zero-order valence-corrected chi connectivity index (χ0v) is 15.6. The van der Waals surface area contributed by atoms with Crippen molar-refractivity contribution in [1.29, 1.82) is 0 Å². The molecule has 1 fully saturated rings. The summed E-state index contributed by atoms with van der Waals surface area (Å²) in [4.78, 5) is 13.8. The average Bonchev–Trinajstić information content (AvgIpc) is 3.38. The molecule has 1 saturated heterocycles. The number of nitrogen functional groups attached to an aromatic ring is 1. The third kappa shape index (κ3) is 2.97. The molecular weight excluding hydrogens is 354 g/mol. The van der Waals surface area contributed by atoms with Crippen LogP contribution in [0.4, 0.5) is 11.6 Å². The highest BCUT2D eigenvalue weighted by atomic mass is 16.3. The SMILES string of the molecule is CN1CCN(c2cccc(-c3cc4nc(-c5ccco5)nn4c(N)n3)c2)CC1. The molecule has 142 valence electrons. The van der Waals surface area contributed by atoms with Crippen molar-refractivity contribution >= 4 is 17.3 Å². The third-order valence-electron chi connectivity index (χ3n) is 5.10. The summed E-state index contributed by atoms with van der Waals surface area (Å²) in [5.41, 5.74) is 9.78. The van der Waals surface area contributed by atoms with Crippen molar-refractivity contribution in [2.45, 2.75) is 0 Å². The zero-order valence-electron chi connectivity index (χ0n) is 15.6. The molecule has 0 atom stereocenters. The van der Waals surface area contributed by atoms with Gasteiger partial charge in [-0.05, 0) is 31.3 Å². The number of piperazine rings is 1. The molecule has 1 aliphatic heterocycles. The van der Waals surface area contributed by atoms with Crippen molar-refractivity contribution in [2.24, 2.45) is 0 Å². The number of nitrogens with two attached hydrogens (primary N) is 1. The number of likely N-dealkylation sites (N-methyl/N-ethyl adjacent to an activating group) is 1. The van der Waals surface area contributed by atoms with Gasteiger partial charge in [-0.3, -0.25) is 0 Å². The van der Waals surface area contributed by atoms with Gasteiger partial charge in [0.05, 0.1) is 12.0 Å². The third-order valence-corrected chi connectivity index (χ3v) is 5.10. The van der Waals surface area contributed by atoms with Crippen molar-refractivity contribution in [3.05, 3.63) is 48.7 Å². The normalized spacial score (nSPS) is 15.4. The molecule has 4 aromatic rings. The van der Waals surface area contributed by atoms with E-state index < -0.39 is 0 Å². The lowest BCUT2D eigenvalue weighted by atomic mass is 10.1. The number of hydrogen-bond donors (Lipinski definition) is 1. The Hall–Kier alpha value is -3.39. The fourth-order valence-electron chi connectivity index (χ4n) is 3.50. The largest absolute Gasteiger partial charge is 0.461 e. The van der Waals surface area contributed by atoms with Crippen LogP contribution in [0, 0.1) is 0 Å². The molecule has 3 aromatic heterocycles. The number of rotatable bonds is 3. The summed E-state index contributed by atoms with van der Waals surface area (Å²) < 4.78 is 6.92. The van der Waals surface area contributed by atoms with E-state index in [1.54, 1.807) is 12.3 Å². The number of fused-ring (bicyclic) bond motifs is 1. The highest BCUT2D eigenvalue weighted by Crippen LogP contribution is 2.26. The first-order valence-electron chi connectivity index (χ1n) is 9.28. The maximum absolute atomic E-state index is 6.16. The second-order valence-electron chi connectivity index (χ2n) is 7.02. The quantitative estimate of drug-likeness (QED) is 0.588. The summed E-state index contributed by atoms with van der Waals surface area (Å²) in [6.45, 7) is 4.17. The van der Waals surface area contributed by atoms with Gasteiger partial charge in [-0.25, -0.2) is 9.97 Å². The smallest absolute Gasteiger partial charge is 0.223 e.